The number of nitrogens with two attached hydrogens (primary N) is 1. The van der Waals surface area contributed by atoms with Crippen LogP contribution in [0.1, 0.15) is 10.8 Å². The number of benzene rings is 2. The maximum Gasteiger partial charge on any atom is 0.235 e. The van der Waals surface area contributed by atoms with Crippen molar-refractivity contribution in [3.63, 3.8) is 0 Å². The van der Waals surface area contributed by atoms with E-state index in [0.717, 1.165) is 16.2 Å². The third kappa shape index (κ3) is 3.51. The van der Waals surface area contributed by atoms with Gasteiger partial charge in [-0.15, -0.1) is 11.8 Å². The number of carbonyl (C=O) groups is 1. The van der Waals surface area contributed by atoms with Crippen molar-refractivity contribution in [3.8, 4) is 5.75 Å². The molecule has 2 rings (SSSR count). The van der Waals surface area contributed by atoms with E-state index in [1.54, 1.807) is 7.11 Å². The predicted octanol–water partition coefficient (Wildman–Crippen LogP) is 3.01. The number of methoxy groups -OCH3 is 1. The predicted molar refractivity (Wildman–Crippen MR) is 77.2 cm³/mol. The maximum absolute atomic E-state index is 11.6. The Hall–Kier alpha value is -1.94. The summed E-state index contributed by atoms with van der Waals surface area (Å²) in [7, 11) is 1.62. The van der Waals surface area contributed by atoms with Crippen LogP contribution in [0.3, 0.4) is 0 Å². The molecule has 4 heteroatoms. The van der Waals surface area contributed by atoms with Crippen molar-refractivity contribution in [1.82, 2.24) is 0 Å². The topological polar surface area (TPSA) is 52.3 Å². The second kappa shape index (κ2) is 6.29. The number of hydrogen-bond donors (Lipinski definition) is 1. The van der Waals surface area contributed by atoms with Crippen LogP contribution in [0.2, 0.25) is 0 Å². The van der Waals surface area contributed by atoms with Crippen LogP contribution >= 0.6 is 11.8 Å². The van der Waals surface area contributed by atoms with Gasteiger partial charge in [0.25, 0.3) is 0 Å². The van der Waals surface area contributed by atoms with Crippen LogP contribution < -0.4 is 10.5 Å². The van der Waals surface area contributed by atoms with E-state index in [2.05, 4.69) is 0 Å². The van der Waals surface area contributed by atoms with Gasteiger partial charge in [0.1, 0.15) is 11.0 Å². The average Bonchev–Trinajstić information content (AvgIpc) is 2.45. The summed E-state index contributed by atoms with van der Waals surface area (Å²) in [6.45, 7) is 0. The zero-order valence-electron chi connectivity index (χ0n) is 10.6. The van der Waals surface area contributed by atoms with Crippen molar-refractivity contribution in [2.45, 2.75) is 10.1 Å². The van der Waals surface area contributed by atoms with E-state index in [0.29, 0.717) is 0 Å². The van der Waals surface area contributed by atoms with Gasteiger partial charge in [-0.05, 0) is 23.8 Å². The second-order valence-corrected chi connectivity index (χ2v) is 5.17. The standard InChI is InChI=1S/C15H15NO2S/c1-18-12-8-5-9-13(10-12)19-14(15(16)17)11-6-3-2-4-7-11/h2-10,14H,1H3,(H2,16,17). The Bertz CT molecular complexity index is 557. The van der Waals surface area contributed by atoms with Gasteiger partial charge in [-0.3, -0.25) is 4.79 Å². The first-order valence-corrected chi connectivity index (χ1v) is 6.73. The maximum atomic E-state index is 11.6. The summed E-state index contributed by atoms with van der Waals surface area (Å²) < 4.78 is 5.17. The van der Waals surface area contributed by atoms with Gasteiger partial charge in [0, 0.05) is 4.90 Å². The van der Waals surface area contributed by atoms with E-state index in [1.165, 1.54) is 11.8 Å². The quantitative estimate of drug-likeness (QED) is 0.852. The molecule has 0 radical (unpaired) electrons. The third-order valence-corrected chi connectivity index (χ3v) is 3.92. The highest BCUT2D eigenvalue weighted by atomic mass is 32.2. The van der Waals surface area contributed by atoms with Crippen molar-refractivity contribution in [1.29, 1.82) is 0 Å². The molecule has 0 aromatic heterocycles. The molecule has 3 nitrogen and oxygen atoms in total. The lowest BCUT2D eigenvalue weighted by atomic mass is 10.1. The van der Waals surface area contributed by atoms with Gasteiger partial charge in [-0.25, -0.2) is 0 Å². The van der Waals surface area contributed by atoms with Gasteiger partial charge in [0.15, 0.2) is 0 Å². The molecule has 0 spiro atoms. The van der Waals surface area contributed by atoms with Gasteiger partial charge in [0.2, 0.25) is 5.91 Å². The number of amides is 1. The smallest absolute Gasteiger partial charge is 0.235 e. The highest BCUT2D eigenvalue weighted by Crippen LogP contribution is 2.36. The van der Waals surface area contributed by atoms with Crippen LogP contribution in [0.5, 0.6) is 5.75 Å². The van der Waals surface area contributed by atoms with Crippen molar-refractivity contribution >= 4 is 17.7 Å². The molecule has 0 aliphatic carbocycles. The molecule has 2 N–H and O–H groups in total. The van der Waals surface area contributed by atoms with E-state index in [4.69, 9.17) is 10.5 Å². The molecule has 0 aliphatic rings. The molecule has 0 bridgehead atoms. The zero-order valence-corrected chi connectivity index (χ0v) is 11.4. The highest BCUT2D eigenvalue weighted by Gasteiger charge is 2.19. The molecule has 0 saturated heterocycles. The lowest BCUT2D eigenvalue weighted by Gasteiger charge is -2.13. The summed E-state index contributed by atoms with van der Waals surface area (Å²) in [5, 5.41) is -0.395. The fourth-order valence-electron chi connectivity index (χ4n) is 1.73. The Balaban J connectivity index is 2.24. The lowest BCUT2D eigenvalue weighted by Crippen LogP contribution is -2.18. The van der Waals surface area contributed by atoms with Crippen molar-refractivity contribution in [2.24, 2.45) is 5.73 Å². The number of hydrogen-bond acceptors (Lipinski definition) is 3. The molecule has 2 aromatic rings. The first kappa shape index (κ1) is 13.5. The molecule has 1 atom stereocenters. The molecule has 0 heterocycles. The van der Waals surface area contributed by atoms with Gasteiger partial charge >= 0.3 is 0 Å². The summed E-state index contributed by atoms with van der Waals surface area (Å²) in [6, 6.07) is 17.1. The van der Waals surface area contributed by atoms with E-state index in [1.807, 2.05) is 54.6 Å². The van der Waals surface area contributed by atoms with E-state index in [-0.39, 0.29) is 5.91 Å². The minimum atomic E-state index is -0.395. The molecular weight excluding hydrogens is 258 g/mol. The molecule has 1 unspecified atom stereocenters. The Kier molecular flexibility index (Phi) is 4.47. The number of primary amides is 1. The number of carbonyl (C=O) groups excluding carboxylic acids is 1. The second-order valence-electron chi connectivity index (χ2n) is 3.99. The summed E-state index contributed by atoms with van der Waals surface area (Å²) in [4.78, 5) is 12.6. The fourth-order valence-corrected chi connectivity index (χ4v) is 2.75. The first-order valence-electron chi connectivity index (χ1n) is 5.85. The molecule has 1 amide bonds. The minimum absolute atomic E-state index is 0.348. The molecule has 19 heavy (non-hydrogen) atoms. The largest absolute Gasteiger partial charge is 0.497 e. The molecule has 0 aliphatic heterocycles. The molecule has 2 aromatic carbocycles. The number of thioether (sulfide) groups is 1. The Labute approximate surface area is 116 Å². The minimum Gasteiger partial charge on any atom is -0.497 e. The summed E-state index contributed by atoms with van der Waals surface area (Å²) >= 11 is 1.42. The van der Waals surface area contributed by atoms with Crippen LogP contribution in [-0.2, 0) is 4.79 Å². The Morgan fingerprint density at radius 2 is 1.89 bits per heavy atom. The number of ether oxygens (including phenoxy) is 1. The molecule has 0 fully saturated rings. The molecule has 0 saturated carbocycles. The summed E-state index contributed by atoms with van der Waals surface area (Å²) in [6.07, 6.45) is 0. The Morgan fingerprint density at radius 3 is 2.53 bits per heavy atom. The third-order valence-electron chi connectivity index (χ3n) is 2.66. The fraction of sp³-hybridized carbons (Fsp3) is 0.133. The van der Waals surface area contributed by atoms with Crippen LogP contribution in [0.15, 0.2) is 59.5 Å². The van der Waals surface area contributed by atoms with Gasteiger partial charge in [-0.2, -0.15) is 0 Å². The zero-order chi connectivity index (χ0) is 13.7. The Morgan fingerprint density at radius 1 is 1.16 bits per heavy atom. The van der Waals surface area contributed by atoms with Crippen LogP contribution in [0.25, 0.3) is 0 Å². The van der Waals surface area contributed by atoms with E-state index >= 15 is 0 Å². The molecular formula is C15H15NO2S. The SMILES string of the molecule is COc1cccc(SC(C(N)=O)c2ccccc2)c1. The van der Waals surface area contributed by atoms with Crippen LogP contribution in [-0.4, -0.2) is 13.0 Å². The van der Waals surface area contributed by atoms with Crippen LogP contribution in [0.4, 0.5) is 0 Å². The van der Waals surface area contributed by atoms with E-state index < -0.39 is 5.25 Å². The molecule has 98 valence electrons. The lowest BCUT2D eigenvalue weighted by molar-refractivity contribution is -0.117. The van der Waals surface area contributed by atoms with Gasteiger partial charge in [0.05, 0.1) is 7.11 Å². The monoisotopic (exact) mass is 273 g/mol. The number of rotatable bonds is 5. The van der Waals surface area contributed by atoms with Gasteiger partial charge < -0.3 is 10.5 Å². The normalized spacial score (nSPS) is 11.8. The average molecular weight is 273 g/mol. The first-order chi connectivity index (χ1) is 9.20. The highest BCUT2D eigenvalue weighted by molar-refractivity contribution is 8.00. The van der Waals surface area contributed by atoms with Gasteiger partial charge in [-0.1, -0.05) is 36.4 Å². The van der Waals surface area contributed by atoms with Crippen molar-refractivity contribution in [3.05, 3.63) is 60.2 Å². The van der Waals surface area contributed by atoms with Crippen LogP contribution in [0, 0.1) is 0 Å². The summed E-state index contributed by atoms with van der Waals surface area (Å²) in [5.41, 5.74) is 6.40. The van der Waals surface area contributed by atoms with E-state index in [9.17, 15) is 4.79 Å². The van der Waals surface area contributed by atoms with Crippen molar-refractivity contribution < 1.29 is 9.53 Å². The summed E-state index contributed by atoms with van der Waals surface area (Å²) in [5.74, 6) is 0.417. The van der Waals surface area contributed by atoms with Crippen molar-refractivity contribution in [2.75, 3.05) is 7.11 Å².